The highest BCUT2D eigenvalue weighted by Crippen LogP contribution is 2.25. The maximum atomic E-state index is 10.2. The van der Waals surface area contributed by atoms with Crippen LogP contribution in [0.2, 0.25) is 0 Å². The number of nitrogens with two attached hydrogens (primary N) is 1. The molecule has 18 heavy (non-hydrogen) atoms. The normalized spacial score (nSPS) is 11.3. The zero-order valence-electron chi connectivity index (χ0n) is 11.2. The molecule has 1 aromatic rings. The highest BCUT2D eigenvalue weighted by molar-refractivity contribution is 5.66. The molecule has 1 rings (SSSR count). The van der Waals surface area contributed by atoms with Crippen molar-refractivity contribution >= 4 is 11.5 Å². The maximum absolute atomic E-state index is 10.2. The summed E-state index contributed by atoms with van der Waals surface area (Å²) in [6.45, 7) is 6.64. The third-order valence-corrected chi connectivity index (χ3v) is 3.03. The van der Waals surface area contributed by atoms with Crippen molar-refractivity contribution in [2.45, 2.75) is 39.2 Å². The third-order valence-electron chi connectivity index (χ3n) is 3.03. The van der Waals surface area contributed by atoms with Gasteiger partial charge in [0.05, 0.1) is 12.2 Å². The van der Waals surface area contributed by atoms with Gasteiger partial charge in [0.25, 0.3) is 0 Å². The Morgan fingerprint density at radius 1 is 1.33 bits per heavy atom. The van der Waals surface area contributed by atoms with Crippen LogP contribution in [0.3, 0.4) is 0 Å². The van der Waals surface area contributed by atoms with Crippen molar-refractivity contribution in [3.63, 3.8) is 0 Å². The monoisotopic (exact) mass is 254 g/mol. The second-order valence-electron chi connectivity index (χ2n) is 4.16. The number of nitrogens with one attached hydrogen (secondary N) is 1. The number of aromatic nitrogens is 2. The van der Waals surface area contributed by atoms with Crippen LogP contribution in [0.4, 0.5) is 11.5 Å². The highest BCUT2D eigenvalue weighted by Gasteiger charge is 2.22. The standard InChI is InChI=1S/C12H22N4O2/c1-4-12(17,5-2)7-14-10-9(13)11(18-6-3)16-8-15-10/h8,17H,4-7,13H2,1-3H3,(H,14,15,16). The molecule has 0 radical (unpaired) electrons. The van der Waals surface area contributed by atoms with Crippen molar-refractivity contribution in [1.82, 2.24) is 9.97 Å². The predicted octanol–water partition coefficient (Wildman–Crippen LogP) is 1.42. The van der Waals surface area contributed by atoms with Gasteiger partial charge in [0, 0.05) is 6.54 Å². The molecule has 0 bridgehead atoms. The SMILES string of the molecule is CCOc1ncnc(NCC(O)(CC)CC)c1N. The van der Waals surface area contributed by atoms with Crippen LogP contribution in [0.15, 0.2) is 6.33 Å². The predicted molar refractivity (Wildman–Crippen MR) is 71.6 cm³/mol. The van der Waals surface area contributed by atoms with E-state index in [2.05, 4.69) is 15.3 Å². The van der Waals surface area contributed by atoms with Crippen molar-refractivity contribution in [3.05, 3.63) is 6.33 Å². The van der Waals surface area contributed by atoms with Crippen LogP contribution in [-0.4, -0.2) is 33.8 Å². The Labute approximate surface area is 108 Å². The Morgan fingerprint density at radius 3 is 2.56 bits per heavy atom. The molecular weight excluding hydrogens is 232 g/mol. The van der Waals surface area contributed by atoms with E-state index in [0.29, 0.717) is 43.4 Å². The maximum Gasteiger partial charge on any atom is 0.242 e. The van der Waals surface area contributed by atoms with E-state index in [4.69, 9.17) is 10.5 Å². The van der Waals surface area contributed by atoms with Gasteiger partial charge in [0.1, 0.15) is 12.0 Å². The van der Waals surface area contributed by atoms with Crippen LogP contribution < -0.4 is 15.8 Å². The molecule has 0 saturated carbocycles. The highest BCUT2D eigenvalue weighted by atomic mass is 16.5. The van der Waals surface area contributed by atoms with Gasteiger partial charge in [-0.15, -0.1) is 0 Å². The summed E-state index contributed by atoms with van der Waals surface area (Å²) >= 11 is 0. The number of rotatable bonds is 7. The molecule has 0 aliphatic rings. The molecule has 0 amide bonds. The van der Waals surface area contributed by atoms with E-state index >= 15 is 0 Å². The van der Waals surface area contributed by atoms with Crippen molar-refractivity contribution in [1.29, 1.82) is 0 Å². The summed E-state index contributed by atoms with van der Waals surface area (Å²) in [7, 11) is 0. The Hall–Kier alpha value is -1.56. The summed E-state index contributed by atoms with van der Waals surface area (Å²) in [5.74, 6) is 0.861. The second kappa shape index (κ2) is 6.39. The van der Waals surface area contributed by atoms with E-state index in [1.165, 1.54) is 6.33 Å². The minimum Gasteiger partial charge on any atom is -0.476 e. The summed E-state index contributed by atoms with van der Waals surface area (Å²) in [6, 6.07) is 0. The molecule has 4 N–H and O–H groups in total. The van der Waals surface area contributed by atoms with Crippen LogP contribution in [0.5, 0.6) is 5.88 Å². The molecule has 0 unspecified atom stereocenters. The lowest BCUT2D eigenvalue weighted by Crippen LogP contribution is -2.35. The van der Waals surface area contributed by atoms with Gasteiger partial charge in [0.15, 0.2) is 5.82 Å². The average Bonchev–Trinajstić information content (AvgIpc) is 2.39. The molecule has 1 heterocycles. The van der Waals surface area contributed by atoms with Crippen LogP contribution >= 0.6 is 0 Å². The van der Waals surface area contributed by atoms with Crippen LogP contribution in [0, 0.1) is 0 Å². The Kier molecular flexibility index (Phi) is 5.15. The third kappa shape index (κ3) is 3.46. The number of nitrogens with zero attached hydrogens (tertiary/aromatic N) is 2. The van der Waals surface area contributed by atoms with Crippen molar-refractivity contribution in [2.75, 3.05) is 24.2 Å². The number of aliphatic hydroxyl groups is 1. The molecule has 0 aliphatic heterocycles. The first-order valence-corrected chi connectivity index (χ1v) is 6.25. The van der Waals surface area contributed by atoms with E-state index < -0.39 is 5.60 Å². The molecule has 1 aromatic heterocycles. The Bertz CT molecular complexity index is 380. The number of anilines is 2. The molecule has 6 nitrogen and oxygen atoms in total. The average molecular weight is 254 g/mol. The molecule has 0 aromatic carbocycles. The molecule has 6 heteroatoms. The Balaban J connectivity index is 2.76. The van der Waals surface area contributed by atoms with Gasteiger partial charge in [-0.25, -0.2) is 4.98 Å². The van der Waals surface area contributed by atoms with E-state index in [1.54, 1.807) is 0 Å². The fraction of sp³-hybridized carbons (Fsp3) is 0.667. The van der Waals surface area contributed by atoms with Crippen LogP contribution in [0.1, 0.15) is 33.6 Å². The molecule has 0 spiro atoms. The molecule has 102 valence electrons. The van der Waals surface area contributed by atoms with Crippen molar-refractivity contribution < 1.29 is 9.84 Å². The smallest absolute Gasteiger partial charge is 0.242 e. The topological polar surface area (TPSA) is 93.3 Å². The van der Waals surface area contributed by atoms with Crippen molar-refractivity contribution in [2.24, 2.45) is 0 Å². The molecule has 0 fully saturated rings. The quantitative estimate of drug-likeness (QED) is 0.681. The number of hydrogen-bond acceptors (Lipinski definition) is 6. The largest absolute Gasteiger partial charge is 0.476 e. The zero-order chi connectivity index (χ0) is 13.6. The van der Waals surface area contributed by atoms with Gasteiger partial charge in [-0.05, 0) is 19.8 Å². The van der Waals surface area contributed by atoms with E-state index in [9.17, 15) is 5.11 Å². The first-order chi connectivity index (χ1) is 8.56. The second-order valence-corrected chi connectivity index (χ2v) is 4.16. The summed E-state index contributed by atoms with van der Waals surface area (Å²) in [4.78, 5) is 8.01. The number of ether oxygens (including phenoxy) is 1. The van der Waals surface area contributed by atoms with Gasteiger partial charge in [-0.3, -0.25) is 0 Å². The van der Waals surface area contributed by atoms with Gasteiger partial charge in [0.2, 0.25) is 5.88 Å². The lowest BCUT2D eigenvalue weighted by atomic mass is 9.98. The zero-order valence-corrected chi connectivity index (χ0v) is 11.2. The van der Waals surface area contributed by atoms with Crippen molar-refractivity contribution in [3.8, 4) is 5.88 Å². The fourth-order valence-electron chi connectivity index (χ4n) is 1.52. The fourth-order valence-corrected chi connectivity index (χ4v) is 1.52. The van der Waals surface area contributed by atoms with E-state index in [0.717, 1.165) is 0 Å². The first kappa shape index (κ1) is 14.5. The van der Waals surface area contributed by atoms with E-state index in [1.807, 2.05) is 20.8 Å². The minimum absolute atomic E-state index is 0.367. The van der Waals surface area contributed by atoms with Gasteiger partial charge in [-0.1, -0.05) is 13.8 Å². The van der Waals surface area contributed by atoms with Gasteiger partial charge < -0.3 is 20.9 Å². The number of nitrogen functional groups attached to an aromatic ring is 1. The first-order valence-electron chi connectivity index (χ1n) is 6.25. The van der Waals surface area contributed by atoms with Crippen LogP contribution in [0.25, 0.3) is 0 Å². The van der Waals surface area contributed by atoms with E-state index in [-0.39, 0.29) is 0 Å². The summed E-state index contributed by atoms with van der Waals surface area (Å²) in [5.41, 5.74) is 5.51. The minimum atomic E-state index is -0.747. The molecule has 0 atom stereocenters. The summed E-state index contributed by atoms with van der Waals surface area (Å²) in [5, 5.41) is 13.2. The van der Waals surface area contributed by atoms with Gasteiger partial charge >= 0.3 is 0 Å². The summed E-state index contributed by atoms with van der Waals surface area (Å²) < 4.78 is 5.28. The van der Waals surface area contributed by atoms with Gasteiger partial charge in [-0.2, -0.15) is 4.98 Å². The molecular formula is C12H22N4O2. The Morgan fingerprint density at radius 2 is 2.00 bits per heavy atom. The molecule has 0 saturated heterocycles. The molecule has 0 aliphatic carbocycles. The van der Waals surface area contributed by atoms with Crippen LogP contribution in [-0.2, 0) is 0 Å². The lowest BCUT2D eigenvalue weighted by Gasteiger charge is -2.26. The number of hydrogen-bond donors (Lipinski definition) is 3. The summed E-state index contributed by atoms with van der Waals surface area (Å²) in [6.07, 6.45) is 2.72. The lowest BCUT2D eigenvalue weighted by molar-refractivity contribution is 0.0456.